The average Bonchev–Trinajstić information content (AvgIpc) is 3.25. The first-order valence-corrected chi connectivity index (χ1v) is 23.7. The number of unbranched alkanes of at least 4 members (excludes halogenated alkanes) is 14. The van der Waals surface area contributed by atoms with Crippen LogP contribution in [0.1, 0.15) is 167 Å². The highest BCUT2D eigenvalue weighted by Crippen LogP contribution is 2.16. The zero-order valence-corrected chi connectivity index (χ0v) is 38.4. The topological polar surface area (TPSA) is 253 Å². The van der Waals surface area contributed by atoms with Crippen molar-refractivity contribution in [3.05, 3.63) is 0 Å². The molecule has 6 N–H and O–H groups in total. The fourth-order valence-electron chi connectivity index (χ4n) is 6.83. The van der Waals surface area contributed by atoms with Crippen molar-refractivity contribution < 1.29 is 67.8 Å². The summed E-state index contributed by atoms with van der Waals surface area (Å²) in [6.07, 6.45) is 20.3. The van der Waals surface area contributed by atoms with Crippen molar-refractivity contribution in [1.82, 2.24) is 16.0 Å². The Labute approximate surface area is 376 Å². The van der Waals surface area contributed by atoms with Gasteiger partial charge in [-0.25, -0.2) is 4.79 Å². The molecule has 0 heterocycles. The summed E-state index contributed by atoms with van der Waals surface area (Å²) in [5, 5.41) is 35.3. The lowest BCUT2D eigenvalue weighted by atomic mass is 9.93. The molecule has 0 bridgehead atoms. The number of aliphatic carboxylic acids is 2. The third kappa shape index (κ3) is 41.0. The number of nitrogens with one attached hydrogen (secondary N) is 3. The SMILES string of the molecule is CCC[C@@H](CCCCNC(=O)COCCOCCNC(=O)COCCOCCCC(=O)CC[C@H](NC(=O)CCCCCCCCCCCCCCCCC(=O)O)C(=O)O)C(=O)CO. The quantitative estimate of drug-likeness (QED) is 0.0415. The van der Waals surface area contributed by atoms with Gasteiger partial charge < -0.3 is 50.2 Å². The Morgan fingerprint density at radius 1 is 0.476 bits per heavy atom. The number of Topliss-reactive ketones (excluding diaryl/α,β-unsaturated/α-hetero) is 2. The molecular formula is C46H83N3O14. The number of rotatable bonds is 48. The van der Waals surface area contributed by atoms with Gasteiger partial charge in [0.2, 0.25) is 17.7 Å². The second-order valence-electron chi connectivity index (χ2n) is 16.1. The molecule has 17 nitrogen and oxygen atoms in total. The lowest BCUT2D eigenvalue weighted by Crippen LogP contribution is -2.41. The molecule has 17 heteroatoms. The molecule has 0 saturated heterocycles. The van der Waals surface area contributed by atoms with Crippen molar-refractivity contribution in [2.24, 2.45) is 5.92 Å². The molecule has 366 valence electrons. The van der Waals surface area contributed by atoms with Gasteiger partial charge in [0.15, 0.2) is 5.78 Å². The lowest BCUT2D eigenvalue weighted by Gasteiger charge is -2.14. The Morgan fingerprint density at radius 3 is 1.51 bits per heavy atom. The predicted octanol–water partition coefficient (Wildman–Crippen LogP) is 5.46. The summed E-state index contributed by atoms with van der Waals surface area (Å²) >= 11 is 0. The van der Waals surface area contributed by atoms with E-state index >= 15 is 0 Å². The van der Waals surface area contributed by atoms with Crippen molar-refractivity contribution in [3.63, 3.8) is 0 Å². The van der Waals surface area contributed by atoms with Crippen LogP contribution in [0.4, 0.5) is 0 Å². The van der Waals surface area contributed by atoms with E-state index in [0.717, 1.165) is 64.2 Å². The van der Waals surface area contributed by atoms with Crippen LogP contribution >= 0.6 is 0 Å². The van der Waals surface area contributed by atoms with Gasteiger partial charge in [0.1, 0.15) is 31.6 Å². The first-order chi connectivity index (χ1) is 30.5. The molecule has 0 aliphatic carbocycles. The number of aliphatic hydroxyl groups is 1. The zero-order chi connectivity index (χ0) is 46.6. The molecule has 0 rings (SSSR count). The van der Waals surface area contributed by atoms with Gasteiger partial charge in [-0.2, -0.15) is 0 Å². The second-order valence-corrected chi connectivity index (χ2v) is 16.1. The number of aliphatic hydroxyl groups excluding tert-OH is 1. The first-order valence-electron chi connectivity index (χ1n) is 23.7. The summed E-state index contributed by atoms with van der Waals surface area (Å²) in [7, 11) is 0. The van der Waals surface area contributed by atoms with Gasteiger partial charge in [-0.15, -0.1) is 0 Å². The van der Waals surface area contributed by atoms with E-state index in [1.807, 2.05) is 6.92 Å². The van der Waals surface area contributed by atoms with E-state index in [1.165, 1.54) is 44.9 Å². The number of carbonyl (C=O) groups excluding carboxylic acids is 5. The van der Waals surface area contributed by atoms with Gasteiger partial charge in [-0.05, 0) is 44.9 Å². The molecule has 0 aromatic heterocycles. The molecule has 0 aliphatic rings. The number of amides is 3. The number of ether oxygens (including phenoxy) is 4. The van der Waals surface area contributed by atoms with Crippen LogP contribution in [-0.2, 0) is 52.5 Å². The number of carboxylic acid groups (broad SMARTS) is 2. The summed E-state index contributed by atoms with van der Waals surface area (Å²) < 4.78 is 21.5. The third-order valence-corrected chi connectivity index (χ3v) is 10.5. The Hall–Kier alpha value is -3.51. The molecule has 0 unspecified atom stereocenters. The number of carbonyl (C=O) groups is 7. The summed E-state index contributed by atoms with van der Waals surface area (Å²) in [4.78, 5) is 82.4. The average molecular weight is 902 g/mol. The Morgan fingerprint density at radius 2 is 0.984 bits per heavy atom. The van der Waals surface area contributed by atoms with Crippen molar-refractivity contribution in [1.29, 1.82) is 0 Å². The van der Waals surface area contributed by atoms with E-state index in [-0.39, 0.29) is 120 Å². The van der Waals surface area contributed by atoms with Gasteiger partial charge in [0.25, 0.3) is 0 Å². The smallest absolute Gasteiger partial charge is 0.326 e. The van der Waals surface area contributed by atoms with Crippen LogP contribution in [0.3, 0.4) is 0 Å². The predicted molar refractivity (Wildman–Crippen MR) is 238 cm³/mol. The normalized spacial score (nSPS) is 12.1. The number of hydrogen-bond donors (Lipinski definition) is 6. The summed E-state index contributed by atoms with van der Waals surface area (Å²) in [6.45, 7) is 3.59. The van der Waals surface area contributed by atoms with Crippen molar-refractivity contribution in [2.45, 2.75) is 173 Å². The molecule has 0 spiro atoms. The summed E-state index contributed by atoms with van der Waals surface area (Å²) in [5.41, 5.74) is 0. The lowest BCUT2D eigenvalue weighted by molar-refractivity contribution is -0.142. The van der Waals surface area contributed by atoms with Crippen LogP contribution in [0.15, 0.2) is 0 Å². The molecule has 63 heavy (non-hydrogen) atoms. The molecule has 0 aromatic carbocycles. The van der Waals surface area contributed by atoms with Crippen LogP contribution in [0.25, 0.3) is 0 Å². The highest BCUT2D eigenvalue weighted by atomic mass is 16.5. The zero-order valence-electron chi connectivity index (χ0n) is 38.4. The van der Waals surface area contributed by atoms with Gasteiger partial charge in [0.05, 0.1) is 33.0 Å². The highest BCUT2D eigenvalue weighted by molar-refractivity contribution is 5.85. The molecular weight excluding hydrogens is 819 g/mol. The monoisotopic (exact) mass is 902 g/mol. The standard InChI is InChI=1S/C46H83N3O14/c1-2-20-38(41(52)35-50)21-17-18-27-47-43(54)36-63-34-32-61-30-28-48-44(55)37-62-33-31-60-29-19-22-39(51)25-26-40(46(58)59)49-42(53)23-15-13-11-9-7-5-3-4-6-8-10-12-14-16-24-45(56)57/h38,40,50H,2-37H2,1H3,(H,47,54)(H,48,55)(H,49,53)(H,56,57)(H,58,59)/t38-,40-/m0/s1. The van der Waals surface area contributed by atoms with Crippen LogP contribution in [-0.4, -0.2) is 135 Å². The molecule has 0 saturated carbocycles. The van der Waals surface area contributed by atoms with Crippen LogP contribution in [0.2, 0.25) is 0 Å². The van der Waals surface area contributed by atoms with E-state index < -0.39 is 24.6 Å². The number of carboxylic acids is 2. The van der Waals surface area contributed by atoms with Crippen molar-refractivity contribution in [2.75, 3.05) is 72.6 Å². The van der Waals surface area contributed by atoms with Crippen LogP contribution in [0.5, 0.6) is 0 Å². The van der Waals surface area contributed by atoms with E-state index in [2.05, 4.69) is 16.0 Å². The minimum absolute atomic E-state index is 0.0336. The van der Waals surface area contributed by atoms with Gasteiger partial charge in [-0.1, -0.05) is 96.8 Å². The van der Waals surface area contributed by atoms with E-state index in [9.17, 15) is 38.7 Å². The summed E-state index contributed by atoms with van der Waals surface area (Å²) in [6, 6.07) is -1.10. The molecule has 3 amide bonds. The minimum Gasteiger partial charge on any atom is -0.481 e. The largest absolute Gasteiger partial charge is 0.481 e. The fraction of sp³-hybridized carbons (Fsp3) is 0.848. The van der Waals surface area contributed by atoms with Gasteiger partial charge in [-0.3, -0.25) is 28.8 Å². The fourth-order valence-corrected chi connectivity index (χ4v) is 6.83. The molecule has 0 aromatic rings. The minimum atomic E-state index is -1.16. The van der Waals surface area contributed by atoms with E-state index in [1.54, 1.807) is 0 Å². The van der Waals surface area contributed by atoms with Gasteiger partial charge >= 0.3 is 11.9 Å². The van der Waals surface area contributed by atoms with Crippen molar-refractivity contribution >= 4 is 41.2 Å². The van der Waals surface area contributed by atoms with E-state index in [4.69, 9.17) is 29.2 Å². The highest BCUT2D eigenvalue weighted by Gasteiger charge is 2.21. The number of ketones is 2. The maximum atomic E-state index is 12.3. The maximum Gasteiger partial charge on any atom is 0.326 e. The van der Waals surface area contributed by atoms with Gasteiger partial charge in [0, 0.05) is 51.3 Å². The maximum absolute atomic E-state index is 12.3. The van der Waals surface area contributed by atoms with Crippen LogP contribution < -0.4 is 16.0 Å². The molecule has 0 aliphatic heterocycles. The Bertz CT molecular complexity index is 1220. The first kappa shape index (κ1) is 59.5. The Kier molecular flexibility index (Phi) is 41.3. The molecule has 0 radical (unpaired) electrons. The third-order valence-electron chi connectivity index (χ3n) is 10.5. The molecule has 2 atom stereocenters. The number of hydrogen-bond acceptors (Lipinski definition) is 12. The Balaban J connectivity index is 3.67. The molecule has 0 fully saturated rings. The second kappa shape index (κ2) is 43.7. The van der Waals surface area contributed by atoms with E-state index in [0.29, 0.717) is 32.4 Å². The van der Waals surface area contributed by atoms with Crippen molar-refractivity contribution in [3.8, 4) is 0 Å². The van der Waals surface area contributed by atoms with Crippen LogP contribution in [0, 0.1) is 5.92 Å². The summed E-state index contributed by atoms with van der Waals surface area (Å²) in [5.74, 6) is -3.08.